The molecule has 0 radical (unpaired) electrons. The molecule has 0 aliphatic carbocycles. The average molecular weight is 244 g/mol. The van der Waals surface area contributed by atoms with E-state index in [1.165, 1.54) is 23.8 Å². The number of aromatic carboxylic acids is 1. The fourth-order valence-corrected chi connectivity index (χ4v) is 1.61. The van der Waals surface area contributed by atoms with Gasteiger partial charge in [0.15, 0.2) is 5.69 Å². The van der Waals surface area contributed by atoms with E-state index in [1.54, 1.807) is 6.92 Å². The number of nitrogens with one attached hydrogen (secondary N) is 1. The lowest BCUT2D eigenvalue weighted by atomic mass is 10.4. The number of carbonyl (C=O) groups excluding carboxylic acids is 1. The van der Waals surface area contributed by atoms with Crippen LogP contribution in [0.2, 0.25) is 0 Å². The first kappa shape index (κ1) is 12.6. The number of carboxylic acid groups (broad SMARTS) is 1. The van der Waals surface area contributed by atoms with E-state index in [9.17, 15) is 9.59 Å². The van der Waals surface area contributed by atoms with Crippen molar-refractivity contribution in [2.24, 2.45) is 0 Å². The number of carboxylic acids is 1. The van der Waals surface area contributed by atoms with Gasteiger partial charge >= 0.3 is 5.97 Å². The molecule has 0 saturated heterocycles. The van der Waals surface area contributed by atoms with Crippen molar-refractivity contribution in [3.63, 3.8) is 0 Å². The molecule has 0 saturated carbocycles. The van der Waals surface area contributed by atoms with E-state index < -0.39 is 12.1 Å². The lowest BCUT2D eigenvalue weighted by molar-refractivity contribution is -0.130. The van der Waals surface area contributed by atoms with Crippen LogP contribution in [-0.4, -0.2) is 35.2 Å². The molecule has 16 heavy (non-hydrogen) atoms. The summed E-state index contributed by atoms with van der Waals surface area (Å²) in [5, 5.41) is 13.2. The second-order valence-electron chi connectivity index (χ2n) is 3.03. The van der Waals surface area contributed by atoms with Crippen molar-refractivity contribution in [1.82, 2.24) is 10.3 Å². The molecule has 0 aliphatic heterocycles. The molecule has 1 aromatic heterocycles. The highest BCUT2D eigenvalue weighted by molar-refractivity contribution is 7.09. The molecule has 0 bridgehead atoms. The van der Waals surface area contributed by atoms with Crippen molar-refractivity contribution >= 4 is 23.2 Å². The van der Waals surface area contributed by atoms with Gasteiger partial charge in [-0.1, -0.05) is 0 Å². The van der Waals surface area contributed by atoms with Crippen molar-refractivity contribution in [2.45, 2.75) is 19.6 Å². The molecule has 0 fully saturated rings. The van der Waals surface area contributed by atoms with Gasteiger partial charge in [0.2, 0.25) is 5.91 Å². The van der Waals surface area contributed by atoms with Crippen LogP contribution in [0.3, 0.4) is 0 Å². The monoisotopic (exact) mass is 244 g/mol. The van der Waals surface area contributed by atoms with Crippen LogP contribution in [0.1, 0.15) is 22.4 Å². The number of methoxy groups -OCH3 is 1. The smallest absolute Gasteiger partial charge is 0.355 e. The molecule has 1 heterocycles. The van der Waals surface area contributed by atoms with Crippen molar-refractivity contribution in [3.05, 3.63) is 16.1 Å². The van der Waals surface area contributed by atoms with Crippen LogP contribution in [0.4, 0.5) is 0 Å². The average Bonchev–Trinajstić information content (AvgIpc) is 2.73. The molecule has 1 unspecified atom stereocenters. The van der Waals surface area contributed by atoms with E-state index in [0.29, 0.717) is 5.01 Å². The van der Waals surface area contributed by atoms with Crippen LogP contribution in [0.15, 0.2) is 5.38 Å². The minimum Gasteiger partial charge on any atom is -0.476 e. The number of rotatable bonds is 5. The molecule has 1 atom stereocenters. The van der Waals surface area contributed by atoms with Gasteiger partial charge < -0.3 is 15.2 Å². The summed E-state index contributed by atoms with van der Waals surface area (Å²) in [5.41, 5.74) is -0.00552. The third-order valence-electron chi connectivity index (χ3n) is 1.91. The Balaban J connectivity index is 2.48. The van der Waals surface area contributed by atoms with Crippen molar-refractivity contribution in [2.75, 3.05) is 7.11 Å². The number of amides is 1. The van der Waals surface area contributed by atoms with Gasteiger partial charge in [0, 0.05) is 12.5 Å². The molecular formula is C9H12N2O4S. The first-order valence-corrected chi connectivity index (χ1v) is 5.40. The third kappa shape index (κ3) is 3.28. The van der Waals surface area contributed by atoms with E-state index in [4.69, 9.17) is 9.84 Å². The minimum atomic E-state index is -1.07. The molecule has 1 aromatic rings. The highest BCUT2D eigenvalue weighted by Gasteiger charge is 2.13. The molecule has 2 N–H and O–H groups in total. The number of aromatic nitrogens is 1. The Morgan fingerprint density at radius 3 is 2.88 bits per heavy atom. The topological polar surface area (TPSA) is 88.5 Å². The first-order chi connectivity index (χ1) is 7.54. The van der Waals surface area contributed by atoms with E-state index >= 15 is 0 Å². The van der Waals surface area contributed by atoms with Gasteiger partial charge in [-0.05, 0) is 6.92 Å². The highest BCUT2D eigenvalue weighted by Crippen LogP contribution is 2.09. The van der Waals surface area contributed by atoms with Gasteiger partial charge in [0.05, 0.1) is 6.54 Å². The highest BCUT2D eigenvalue weighted by atomic mass is 32.1. The molecular weight excluding hydrogens is 232 g/mol. The summed E-state index contributed by atoms with van der Waals surface area (Å²) in [6.45, 7) is 1.84. The fourth-order valence-electron chi connectivity index (χ4n) is 0.904. The maximum absolute atomic E-state index is 11.3. The summed E-state index contributed by atoms with van der Waals surface area (Å²) in [6.07, 6.45) is -0.529. The van der Waals surface area contributed by atoms with Gasteiger partial charge in [0.1, 0.15) is 11.1 Å². The minimum absolute atomic E-state index is 0.00552. The third-order valence-corrected chi connectivity index (χ3v) is 2.76. The van der Waals surface area contributed by atoms with Crippen LogP contribution in [0, 0.1) is 0 Å². The Kier molecular flexibility index (Phi) is 4.39. The summed E-state index contributed by atoms with van der Waals surface area (Å²) in [6, 6.07) is 0. The number of ether oxygens (including phenoxy) is 1. The molecule has 0 aromatic carbocycles. The van der Waals surface area contributed by atoms with Gasteiger partial charge in [-0.25, -0.2) is 9.78 Å². The molecule has 1 rings (SSSR count). The van der Waals surface area contributed by atoms with Crippen molar-refractivity contribution in [1.29, 1.82) is 0 Å². The van der Waals surface area contributed by atoms with Crippen molar-refractivity contribution in [3.8, 4) is 0 Å². The normalized spacial score (nSPS) is 12.1. The number of carbonyl (C=O) groups is 2. The Bertz CT molecular complexity index is 391. The lowest BCUT2D eigenvalue weighted by Crippen LogP contribution is -2.33. The molecule has 7 heteroatoms. The van der Waals surface area contributed by atoms with E-state index in [-0.39, 0.29) is 18.1 Å². The van der Waals surface area contributed by atoms with Crippen LogP contribution in [0.5, 0.6) is 0 Å². The van der Waals surface area contributed by atoms with Crippen molar-refractivity contribution < 1.29 is 19.4 Å². The maximum Gasteiger partial charge on any atom is 0.355 e. The second-order valence-corrected chi connectivity index (χ2v) is 3.97. The van der Waals surface area contributed by atoms with Crippen LogP contribution in [-0.2, 0) is 16.1 Å². The zero-order valence-electron chi connectivity index (χ0n) is 8.89. The number of nitrogens with zero attached hydrogens (tertiary/aromatic N) is 1. The predicted molar refractivity (Wildman–Crippen MR) is 57.4 cm³/mol. The lowest BCUT2D eigenvalue weighted by Gasteiger charge is -2.08. The number of hydrogen-bond acceptors (Lipinski definition) is 5. The molecule has 1 amide bonds. The standard InChI is InChI=1S/C9H12N2O4S/c1-5(15-2)8(12)10-3-7-11-6(4-16-7)9(13)14/h4-5H,3H2,1-2H3,(H,10,12)(H,13,14). The molecule has 0 spiro atoms. The number of thiazole rings is 1. The van der Waals surface area contributed by atoms with Gasteiger partial charge in [0.25, 0.3) is 0 Å². The predicted octanol–water partition coefficient (Wildman–Crippen LogP) is 0.492. The van der Waals surface area contributed by atoms with Crippen LogP contribution in [0.25, 0.3) is 0 Å². The zero-order valence-corrected chi connectivity index (χ0v) is 9.71. The van der Waals surface area contributed by atoms with Crippen LogP contribution >= 0.6 is 11.3 Å². The number of hydrogen-bond donors (Lipinski definition) is 2. The fraction of sp³-hybridized carbons (Fsp3) is 0.444. The van der Waals surface area contributed by atoms with Gasteiger partial charge in [-0.15, -0.1) is 11.3 Å². The Labute approximate surface area is 96.3 Å². The second kappa shape index (κ2) is 5.57. The quantitative estimate of drug-likeness (QED) is 0.787. The Morgan fingerprint density at radius 2 is 2.38 bits per heavy atom. The summed E-state index contributed by atoms with van der Waals surface area (Å²) in [7, 11) is 1.44. The maximum atomic E-state index is 11.3. The Hall–Kier alpha value is -1.47. The first-order valence-electron chi connectivity index (χ1n) is 4.52. The molecule has 88 valence electrons. The summed E-state index contributed by atoms with van der Waals surface area (Å²) >= 11 is 1.19. The van der Waals surface area contributed by atoms with Crippen LogP contribution < -0.4 is 5.32 Å². The zero-order chi connectivity index (χ0) is 12.1. The summed E-state index contributed by atoms with van der Waals surface area (Å²) < 4.78 is 4.82. The largest absolute Gasteiger partial charge is 0.476 e. The molecule has 0 aliphatic rings. The molecule has 6 nitrogen and oxygen atoms in total. The summed E-state index contributed by atoms with van der Waals surface area (Å²) in [4.78, 5) is 25.7. The van der Waals surface area contributed by atoms with E-state index in [2.05, 4.69) is 10.3 Å². The summed E-state index contributed by atoms with van der Waals surface area (Å²) in [5.74, 6) is -1.33. The van der Waals surface area contributed by atoms with E-state index in [1.807, 2.05) is 0 Å². The Morgan fingerprint density at radius 1 is 1.69 bits per heavy atom. The SMILES string of the molecule is COC(C)C(=O)NCc1nc(C(=O)O)cs1. The van der Waals surface area contributed by atoms with Gasteiger partial charge in [-0.3, -0.25) is 4.79 Å². The van der Waals surface area contributed by atoms with Gasteiger partial charge in [-0.2, -0.15) is 0 Å². The van der Waals surface area contributed by atoms with E-state index in [0.717, 1.165) is 0 Å².